The molecule has 0 aliphatic carbocycles. The number of thioether (sulfide) groups is 1. The van der Waals surface area contributed by atoms with Crippen LogP contribution in [0.3, 0.4) is 0 Å². The molecule has 2 aromatic carbocycles. The van der Waals surface area contributed by atoms with Gasteiger partial charge in [-0.25, -0.2) is 4.98 Å². The van der Waals surface area contributed by atoms with Gasteiger partial charge in [-0.15, -0.1) is 0 Å². The van der Waals surface area contributed by atoms with E-state index in [0.29, 0.717) is 59.4 Å². The van der Waals surface area contributed by atoms with Crippen LogP contribution in [0.25, 0.3) is 10.9 Å². The minimum atomic E-state index is -0.480. The van der Waals surface area contributed by atoms with Gasteiger partial charge in [-0.05, 0) is 44.5 Å². The zero-order chi connectivity index (χ0) is 22.5. The van der Waals surface area contributed by atoms with Gasteiger partial charge in [-0.1, -0.05) is 23.9 Å². The summed E-state index contributed by atoms with van der Waals surface area (Å²) >= 11 is 1.26. The van der Waals surface area contributed by atoms with Crippen LogP contribution in [0.5, 0.6) is 11.5 Å². The van der Waals surface area contributed by atoms with Crippen molar-refractivity contribution in [3.05, 3.63) is 52.8 Å². The Kier molecular flexibility index (Phi) is 6.96. The SMILES string of the molecule is CCOCCCn1c(S[C@H](C)C(=O)Nc2ccc3c(c2)OCO3)nc2ccccc2c1=O. The summed E-state index contributed by atoms with van der Waals surface area (Å²) in [5, 5.41) is 3.49. The average molecular weight is 456 g/mol. The second-order valence-corrected chi connectivity index (χ2v) is 8.54. The van der Waals surface area contributed by atoms with E-state index in [4.69, 9.17) is 14.2 Å². The van der Waals surface area contributed by atoms with E-state index < -0.39 is 5.25 Å². The number of benzene rings is 2. The standard InChI is InChI=1S/C23H25N3O5S/c1-3-29-12-6-11-26-22(28)17-7-4-5-8-18(17)25-23(26)32-15(2)21(27)24-16-9-10-19-20(13-16)31-14-30-19/h4-5,7-10,13,15H,3,6,11-12,14H2,1-2H3,(H,24,27)/t15-/m1/s1. The Labute approximate surface area is 189 Å². The first-order valence-electron chi connectivity index (χ1n) is 10.5. The number of hydrogen-bond donors (Lipinski definition) is 1. The minimum absolute atomic E-state index is 0.113. The number of anilines is 1. The Morgan fingerprint density at radius 1 is 1.25 bits per heavy atom. The topological polar surface area (TPSA) is 91.7 Å². The number of rotatable bonds is 9. The number of para-hydroxylation sites is 1. The maximum Gasteiger partial charge on any atom is 0.262 e. The summed E-state index contributed by atoms with van der Waals surface area (Å²) < 4.78 is 17.7. The molecule has 0 spiro atoms. The molecular weight excluding hydrogens is 430 g/mol. The fourth-order valence-corrected chi connectivity index (χ4v) is 4.27. The third kappa shape index (κ3) is 4.89. The normalized spacial score (nSPS) is 13.3. The molecular formula is C23H25N3O5S. The van der Waals surface area contributed by atoms with Gasteiger partial charge >= 0.3 is 0 Å². The van der Waals surface area contributed by atoms with Crippen molar-refractivity contribution >= 4 is 34.3 Å². The van der Waals surface area contributed by atoms with Crippen LogP contribution in [-0.2, 0) is 16.1 Å². The maximum atomic E-state index is 13.1. The molecule has 1 N–H and O–H groups in total. The van der Waals surface area contributed by atoms with Crippen LogP contribution < -0.4 is 20.3 Å². The van der Waals surface area contributed by atoms with Crippen molar-refractivity contribution in [2.24, 2.45) is 0 Å². The summed E-state index contributed by atoms with van der Waals surface area (Å²) in [6.45, 7) is 5.55. The van der Waals surface area contributed by atoms with E-state index in [1.807, 2.05) is 25.1 Å². The molecule has 4 rings (SSSR count). The summed E-state index contributed by atoms with van der Waals surface area (Å²) in [4.78, 5) is 30.6. The zero-order valence-corrected chi connectivity index (χ0v) is 18.8. The number of carbonyl (C=O) groups excluding carboxylic acids is 1. The van der Waals surface area contributed by atoms with Crippen LogP contribution in [0.2, 0.25) is 0 Å². The third-order valence-corrected chi connectivity index (χ3v) is 6.08. The predicted octanol–water partition coefficient (Wildman–Crippen LogP) is 3.67. The summed E-state index contributed by atoms with van der Waals surface area (Å²) in [5.41, 5.74) is 1.12. The summed E-state index contributed by atoms with van der Waals surface area (Å²) in [6.07, 6.45) is 0.680. The molecule has 3 aromatic rings. The van der Waals surface area contributed by atoms with E-state index in [9.17, 15) is 9.59 Å². The van der Waals surface area contributed by atoms with E-state index in [1.54, 1.807) is 35.8 Å². The number of nitrogens with one attached hydrogen (secondary N) is 1. The number of aromatic nitrogens is 2. The highest BCUT2D eigenvalue weighted by Gasteiger charge is 2.21. The Balaban J connectivity index is 1.53. The Bertz CT molecular complexity index is 1180. The van der Waals surface area contributed by atoms with Crippen molar-refractivity contribution in [3.63, 3.8) is 0 Å². The fraction of sp³-hybridized carbons (Fsp3) is 0.348. The average Bonchev–Trinajstić information content (AvgIpc) is 3.26. The number of nitrogens with zero attached hydrogens (tertiary/aromatic N) is 2. The second kappa shape index (κ2) is 10.1. The van der Waals surface area contributed by atoms with Gasteiger partial charge in [0.05, 0.1) is 16.2 Å². The van der Waals surface area contributed by atoms with Gasteiger partial charge in [-0.3, -0.25) is 14.2 Å². The third-order valence-electron chi connectivity index (χ3n) is 4.99. The van der Waals surface area contributed by atoms with Crippen LogP contribution in [-0.4, -0.2) is 40.7 Å². The molecule has 0 fully saturated rings. The van der Waals surface area contributed by atoms with E-state index in [-0.39, 0.29) is 18.3 Å². The fourth-order valence-electron chi connectivity index (χ4n) is 3.33. The lowest BCUT2D eigenvalue weighted by Gasteiger charge is -2.16. The number of fused-ring (bicyclic) bond motifs is 2. The second-order valence-electron chi connectivity index (χ2n) is 7.24. The summed E-state index contributed by atoms with van der Waals surface area (Å²) in [7, 11) is 0. The molecule has 1 aliphatic rings. The molecule has 0 radical (unpaired) electrons. The van der Waals surface area contributed by atoms with Gasteiger partial charge < -0.3 is 19.5 Å². The van der Waals surface area contributed by atoms with Gasteiger partial charge in [0.25, 0.3) is 5.56 Å². The molecule has 1 amide bonds. The predicted molar refractivity (Wildman–Crippen MR) is 124 cm³/mol. The van der Waals surface area contributed by atoms with E-state index >= 15 is 0 Å². The number of hydrogen-bond acceptors (Lipinski definition) is 7. The van der Waals surface area contributed by atoms with Crippen LogP contribution in [0.4, 0.5) is 5.69 Å². The zero-order valence-electron chi connectivity index (χ0n) is 18.0. The highest BCUT2D eigenvalue weighted by molar-refractivity contribution is 8.00. The lowest BCUT2D eigenvalue weighted by Crippen LogP contribution is -2.27. The molecule has 9 heteroatoms. The van der Waals surface area contributed by atoms with Crippen LogP contribution >= 0.6 is 11.8 Å². The molecule has 1 aromatic heterocycles. The Morgan fingerprint density at radius 3 is 2.91 bits per heavy atom. The maximum absolute atomic E-state index is 13.1. The van der Waals surface area contributed by atoms with Crippen molar-refractivity contribution < 1.29 is 19.0 Å². The van der Waals surface area contributed by atoms with Gasteiger partial charge in [0.2, 0.25) is 12.7 Å². The molecule has 168 valence electrons. The smallest absolute Gasteiger partial charge is 0.262 e. The largest absolute Gasteiger partial charge is 0.454 e. The first kappa shape index (κ1) is 22.2. The lowest BCUT2D eigenvalue weighted by molar-refractivity contribution is -0.115. The van der Waals surface area contributed by atoms with Gasteiger partial charge in [0.15, 0.2) is 16.7 Å². The molecule has 2 heterocycles. The molecule has 1 aliphatic heterocycles. The first-order chi connectivity index (χ1) is 15.6. The monoisotopic (exact) mass is 455 g/mol. The Hall–Kier alpha value is -3.04. The number of ether oxygens (including phenoxy) is 3. The quantitative estimate of drug-likeness (QED) is 0.299. The van der Waals surface area contributed by atoms with Gasteiger partial charge in [0.1, 0.15) is 0 Å². The number of carbonyl (C=O) groups is 1. The van der Waals surface area contributed by atoms with Crippen LogP contribution in [0.15, 0.2) is 52.4 Å². The summed E-state index contributed by atoms with van der Waals surface area (Å²) in [5.74, 6) is 1.06. The van der Waals surface area contributed by atoms with Gasteiger partial charge in [-0.2, -0.15) is 0 Å². The Morgan fingerprint density at radius 2 is 2.06 bits per heavy atom. The first-order valence-corrected chi connectivity index (χ1v) is 11.4. The van der Waals surface area contributed by atoms with Crippen LogP contribution in [0, 0.1) is 0 Å². The van der Waals surface area contributed by atoms with Crippen molar-refractivity contribution in [1.29, 1.82) is 0 Å². The summed E-state index contributed by atoms with van der Waals surface area (Å²) in [6, 6.07) is 12.5. The molecule has 0 unspecified atom stereocenters. The van der Waals surface area contributed by atoms with Gasteiger partial charge in [0, 0.05) is 31.5 Å². The van der Waals surface area contributed by atoms with E-state index in [0.717, 1.165) is 0 Å². The number of amides is 1. The molecule has 1 atom stereocenters. The van der Waals surface area contributed by atoms with Crippen molar-refractivity contribution in [2.75, 3.05) is 25.3 Å². The molecule has 0 saturated heterocycles. The highest BCUT2D eigenvalue weighted by Crippen LogP contribution is 2.34. The molecule has 8 nitrogen and oxygen atoms in total. The lowest BCUT2D eigenvalue weighted by atomic mass is 10.2. The highest BCUT2D eigenvalue weighted by atomic mass is 32.2. The molecule has 0 saturated carbocycles. The minimum Gasteiger partial charge on any atom is -0.454 e. The van der Waals surface area contributed by atoms with E-state index in [2.05, 4.69) is 10.3 Å². The van der Waals surface area contributed by atoms with Crippen molar-refractivity contribution in [3.8, 4) is 11.5 Å². The van der Waals surface area contributed by atoms with Crippen LogP contribution in [0.1, 0.15) is 20.3 Å². The van der Waals surface area contributed by atoms with E-state index in [1.165, 1.54) is 11.8 Å². The molecule has 32 heavy (non-hydrogen) atoms. The van der Waals surface area contributed by atoms with Crippen molar-refractivity contribution in [1.82, 2.24) is 9.55 Å². The van der Waals surface area contributed by atoms with Crippen molar-refractivity contribution in [2.45, 2.75) is 37.2 Å². The molecule has 0 bridgehead atoms.